The first-order chi connectivity index (χ1) is 7.36. The van der Waals surface area contributed by atoms with Gasteiger partial charge in [0.25, 0.3) is 0 Å². The van der Waals surface area contributed by atoms with Crippen LogP contribution in [0.3, 0.4) is 0 Å². The van der Waals surface area contributed by atoms with E-state index in [9.17, 15) is 0 Å². The molecule has 0 amide bonds. The Morgan fingerprint density at radius 1 is 1.40 bits per heavy atom. The van der Waals surface area contributed by atoms with Crippen LogP contribution in [0, 0.1) is 6.92 Å². The fourth-order valence-corrected chi connectivity index (χ4v) is 1.88. The van der Waals surface area contributed by atoms with Crippen molar-refractivity contribution in [3.8, 4) is 0 Å². The summed E-state index contributed by atoms with van der Waals surface area (Å²) in [6, 6.07) is 2.57. The molecule has 1 aromatic rings. The average Bonchev–Trinajstić information content (AvgIpc) is 2.50. The molecule has 1 unspecified atom stereocenters. The molecule has 0 aromatic carbocycles. The van der Waals surface area contributed by atoms with Crippen molar-refractivity contribution in [3.63, 3.8) is 0 Å². The summed E-state index contributed by atoms with van der Waals surface area (Å²) < 4.78 is 5.44. The molecule has 0 aliphatic carbocycles. The molecule has 15 heavy (non-hydrogen) atoms. The molecule has 0 spiro atoms. The van der Waals surface area contributed by atoms with Crippen LogP contribution in [0.25, 0.3) is 0 Å². The summed E-state index contributed by atoms with van der Waals surface area (Å²) in [6.45, 7) is 3.89. The third-order valence-corrected chi connectivity index (χ3v) is 2.85. The van der Waals surface area contributed by atoms with Gasteiger partial charge in [0.2, 0.25) is 0 Å². The van der Waals surface area contributed by atoms with Crippen LogP contribution < -0.4 is 5.32 Å². The number of anilines is 1. The van der Waals surface area contributed by atoms with Crippen molar-refractivity contribution in [2.24, 2.45) is 0 Å². The van der Waals surface area contributed by atoms with Crippen LogP contribution >= 0.6 is 0 Å². The van der Waals surface area contributed by atoms with Gasteiger partial charge in [-0.3, -0.25) is 4.98 Å². The fraction of sp³-hybridized carbons (Fsp3) is 0.583. The molecule has 3 heteroatoms. The Hall–Kier alpha value is -1.09. The molecule has 1 atom stereocenters. The highest BCUT2D eigenvalue weighted by Crippen LogP contribution is 2.17. The summed E-state index contributed by atoms with van der Waals surface area (Å²) in [6.07, 6.45) is 7.16. The van der Waals surface area contributed by atoms with E-state index in [0.717, 1.165) is 31.7 Å². The molecule has 1 aromatic heterocycles. The molecule has 1 saturated heterocycles. The zero-order chi connectivity index (χ0) is 10.5. The first-order valence-corrected chi connectivity index (χ1v) is 5.61. The number of nitrogens with one attached hydrogen (secondary N) is 1. The van der Waals surface area contributed by atoms with Gasteiger partial charge in [-0.05, 0) is 37.8 Å². The minimum atomic E-state index is 0.537. The SMILES string of the molecule is Cc1ccncc1NC1CCCOCC1. The van der Waals surface area contributed by atoms with E-state index in [1.165, 1.54) is 12.0 Å². The molecule has 1 aliphatic rings. The Kier molecular flexibility index (Phi) is 3.56. The smallest absolute Gasteiger partial charge is 0.0558 e. The van der Waals surface area contributed by atoms with Gasteiger partial charge >= 0.3 is 0 Å². The molecule has 0 saturated carbocycles. The normalized spacial score (nSPS) is 22.1. The quantitative estimate of drug-likeness (QED) is 0.806. The number of nitrogens with zero attached hydrogens (tertiary/aromatic N) is 1. The van der Waals surface area contributed by atoms with Gasteiger partial charge in [0.05, 0.1) is 11.9 Å². The summed E-state index contributed by atoms with van der Waals surface area (Å²) in [4.78, 5) is 4.14. The van der Waals surface area contributed by atoms with Gasteiger partial charge in [0.15, 0.2) is 0 Å². The van der Waals surface area contributed by atoms with E-state index in [0.29, 0.717) is 6.04 Å². The Morgan fingerprint density at radius 2 is 2.33 bits per heavy atom. The maximum Gasteiger partial charge on any atom is 0.0558 e. The van der Waals surface area contributed by atoms with Crippen LogP contribution in [-0.4, -0.2) is 24.2 Å². The third-order valence-electron chi connectivity index (χ3n) is 2.85. The summed E-state index contributed by atoms with van der Waals surface area (Å²) >= 11 is 0. The van der Waals surface area contributed by atoms with Gasteiger partial charge in [-0.1, -0.05) is 0 Å². The number of aromatic nitrogens is 1. The number of ether oxygens (including phenoxy) is 1. The molecule has 1 fully saturated rings. The van der Waals surface area contributed by atoms with E-state index >= 15 is 0 Å². The Balaban J connectivity index is 1.98. The highest BCUT2D eigenvalue weighted by molar-refractivity contribution is 5.48. The topological polar surface area (TPSA) is 34.2 Å². The standard InChI is InChI=1S/C12H18N2O/c1-10-4-6-13-9-12(10)14-11-3-2-7-15-8-5-11/h4,6,9,11,14H,2-3,5,7-8H2,1H3. The number of hydrogen-bond donors (Lipinski definition) is 1. The molecule has 82 valence electrons. The lowest BCUT2D eigenvalue weighted by molar-refractivity contribution is 0.144. The van der Waals surface area contributed by atoms with Gasteiger partial charge in [-0.2, -0.15) is 0 Å². The average molecular weight is 206 g/mol. The molecule has 2 heterocycles. The molecular formula is C12H18N2O. The van der Waals surface area contributed by atoms with E-state index in [4.69, 9.17) is 4.74 Å². The van der Waals surface area contributed by atoms with Crippen LogP contribution in [0.15, 0.2) is 18.5 Å². The fourth-order valence-electron chi connectivity index (χ4n) is 1.88. The van der Waals surface area contributed by atoms with Gasteiger partial charge in [0.1, 0.15) is 0 Å². The van der Waals surface area contributed by atoms with Gasteiger partial charge < -0.3 is 10.1 Å². The molecule has 0 bridgehead atoms. The zero-order valence-electron chi connectivity index (χ0n) is 9.20. The molecule has 2 rings (SSSR count). The second-order valence-corrected chi connectivity index (χ2v) is 4.08. The van der Waals surface area contributed by atoms with E-state index in [1.54, 1.807) is 0 Å². The number of pyridine rings is 1. The lowest BCUT2D eigenvalue weighted by Crippen LogP contribution is -2.20. The van der Waals surface area contributed by atoms with Crippen molar-refractivity contribution in [1.82, 2.24) is 4.98 Å². The number of aryl methyl sites for hydroxylation is 1. The molecule has 1 N–H and O–H groups in total. The lowest BCUT2D eigenvalue weighted by atomic mass is 10.1. The van der Waals surface area contributed by atoms with Gasteiger partial charge in [0, 0.05) is 25.5 Å². The van der Waals surface area contributed by atoms with Crippen LogP contribution in [0.4, 0.5) is 5.69 Å². The van der Waals surface area contributed by atoms with Crippen molar-refractivity contribution < 1.29 is 4.74 Å². The van der Waals surface area contributed by atoms with Crippen LogP contribution in [-0.2, 0) is 4.74 Å². The molecule has 3 nitrogen and oxygen atoms in total. The van der Waals surface area contributed by atoms with Crippen LogP contribution in [0.1, 0.15) is 24.8 Å². The van der Waals surface area contributed by atoms with E-state index in [-0.39, 0.29) is 0 Å². The maximum absolute atomic E-state index is 5.44. The van der Waals surface area contributed by atoms with Crippen molar-refractivity contribution in [2.45, 2.75) is 32.2 Å². The van der Waals surface area contributed by atoms with Gasteiger partial charge in [-0.15, -0.1) is 0 Å². The minimum absolute atomic E-state index is 0.537. The summed E-state index contributed by atoms with van der Waals surface area (Å²) in [5.41, 5.74) is 2.42. The summed E-state index contributed by atoms with van der Waals surface area (Å²) in [5, 5.41) is 3.55. The number of rotatable bonds is 2. The Labute approximate surface area is 90.9 Å². The first kappa shape index (κ1) is 10.4. The largest absolute Gasteiger partial charge is 0.381 e. The predicted molar refractivity (Wildman–Crippen MR) is 61.1 cm³/mol. The van der Waals surface area contributed by atoms with Crippen LogP contribution in [0.2, 0.25) is 0 Å². The summed E-state index contributed by atoms with van der Waals surface area (Å²) in [5.74, 6) is 0. The Morgan fingerprint density at radius 3 is 3.20 bits per heavy atom. The predicted octanol–water partition coefficient (Wildman–Crippen LogP) is 2.37. The second kappa shape index (κ2) is 5.12. The summed E-state index contributed by atoms with van der Waals surface area (Å²) in [7, 11) is 0. The van der Waals surface area contributed by atoms with E-state index < -0.39 is 0 Å². The van der Waals surface area contributed by atoms with E-state index in [2.05, 4.69) is 17.2 Å². The minimum Gasteiger partial charge on any atom is -0.381 e. The lowest BCUT2D eigenvalue weighted by Gasteiger charge is -2.18. The monoisotopic (exact) mass is 206 g/mol. The van der Waals surface area contributed by atoms with Gasteiger partial charge in [-0.25, -0.2) is 0 Å². The Bertz CT molecular complexity index is 306. The third kappa shape index (κ3) is 2.93. The number of hydrogen-bond acceptors (Lipinski definition) is 3. The van der Waals surface area contributed by atoms with Crippen molar-refractivity contribution in [2.75, 3.05) is 18.5 Å². The maximum atomic E-state index is 5.44. The molecule has 0 radical (unpaired) electrons. The highest BCUT2D eigenvalue weighted by Gasteiger charge is 2.12. The molecule has 1 aliphatic heterocycles. The first-order valence-electron chi connectivity index (χ1n) is 5.61. The van der Waals surface area contributed by atoms with Crippen LogP contribution in [0.5, 0.6) is 0 Å². The molecular weight excluding hydrogens is 188 g/mol. The van der Waals surface area contributed by atoms with Crippen molar-refractivity contribution in [3.05, 3.63) is 24.0 Å². The van der Waals surface area contributed by atoms with Crippen molar-refractivity contribution >= 4 is 5.69 Å². The zero-order valence-corrected chi connectivity index (χ0v) is 9.20. The van der Waals surface area contributed by atoms with E-state index in [1.807, 2.05) is 18.5 Å². The second-order valence-electron chi connectivity index (χ2n) is 4.08. The van der Waals surface area contributed by atoms with Crippen molar-refractivity contribution in [1.29, 1.82) is 0 Å². The highest BCUT2D eigenvalue weighted by atomic mass is 16.5.